The number of thioether (sulfide) groups is 1. The molecule has 1 atom stereocenters. The molecule has 1 unspecified atom stereocenters. The molecule has 1 N–H and O–H groups in total. The Hall–Kier alpha value is -2.43. The van der Waals surface area contributed by atoms with E-state index in [-0.39, 0.29) is 5.37 Å². The maximum absolute atomic E-state index is 9.65. The number of nitriles is 2. The molecule has 3 rings (SSSR count). The number of benzene rings is 1. The third-order valence-corrected chi connectivity index (χ3v) is 5.06. The van der Waals surface area contributed by atoms with Crippen LogP contribution in [0.25, 0.3) is 6.08 Å². The van der Waals surface area contributed by atoms with Crippen molar-refractivity contribution in [3.05, 3.63) is 64.4 Å². The lowest BCUT2D eigenvalue weighted by molar-refractivity contribution is 0.770. The first-order valence-electron chi connectivity index (χ1n) is 7.68. The van der Waals surface area contributed by atoms with Gasteiger partial charge in [-0.2, -0.15) is 10.5 Å². The molecule has 1 aromatic carbocycles. The van der Waals surface area contributed by atoms with Gasteiger partial charge in [-0.25, -0.2) is 0 Å². The molecule has 0 fully saturated rings. The van der Waals surface area contributed by atoms with Crippen LogP contribution in [0.3, 0.4) is 0 Å². The number of rotatable bonds is 4. The van der Waals surface area contributed by atoms with E-state index in [1.54, 1.807) is 0 Å². The predicted molar refractivity (Wildman–Crippen MR) is 94.0 cm³/mol. The van der Waals surface area contributed by atoms with E-state index in [0.717, 1.165) is 36.0 Å². The van der Waals surface area contributed by atoms with Crippen LogP contribution in [0, 0.1) is 22.7 Å². The summed E-state index contributed by atoms with van der Waals surface area (Å²) in [5, 5.41) is 21.8. The highest BCUT2D eigenvalue weighted by Crippen LogP contribution is 2.39. The fraction of sp³-hybridized carbons (Fsp3) is 0.263. The van der Waals surface area contributed by atoms with Crippen molar-refractivity contribution in [2.24, 2.45) is 0 Å². The maximum atomic E-state index is 9.65. The molecule has 0 saturated heterocycles. The van der Waals surface area contributed by atoms with Gasteiger partial charge in [0.25, 0.3) is 0 Å². The summed E-state index contributed by atoms with van der Waals surface area (Å²) in [6, 6.07) is 14.6. The summed E-state index contributed by atoms with van der Waals surface area (Å²) >= 11 is 1.48. The van der Waals surface area contributed by atoms with E-state index in [2.05, 4.69) is 41.7 Å². The fourth-order valence-electron chi connectivity index (χ4n) is 3.03. The minimum atomic E-state index is -0.119. The average Bonchev–Trinajstić information content (AvgIpc) is 3.06. The van der Waals surface area contributed by atoms with Gasteiger partial charge in [0.2, 0.25) is 0 Å². The highest BCUT2D eigenvalue weighted by atomic mass is 32.2. The van der Waals surface area contributed by atoms with E-state index in [1.807, 2.05) is 18.2 Å². The number of nitrogens with zero attached hydrogens (tertiary/aromatic N) is 2. The molecule has 0 saturated carbocycles. The first-order valence-corrected chi connectivity index (χ1v) is 8.73. The van der Waals surface area contributed by atoms with Gasteiger partial charge in [-0.3, -0.25) is 0 Å². The van der Waals surface area contributed by atoms with Crippen LogP contribution in [0.4, 0.5) is 0 Å². The number of hydrogen-bond acceptors (Lipinski definition) is 4. The van der Waals surface area contributed by atoms with E-state index in [9.17, 15) is 5.26 Å². The van der Waals surface area contributed by atoms with Crippen molar-refractivity contribution in [3.8, 4) is 12.1 Å². The maximum Gasteiger partial charge on any atom is 0.109 e. The Morgan fingerprint density at radius 2 is 2.00 bits per heavy atom. The number of allylic oxidation sites excluding steroid dienone is 4. The lowest BCUT2D eigenvalue weighted by Crippen LogP contribution is -2.31. The Kier molecular flexibility index (Phi) is 4.86. The molecule has 1 aliphatic carbocycles. The van der Waals surface area contributed by atoms with Crippen molar-refractivity contribution in [1.29, 1.82) is 10.5 Å². The van der Waals surface area contributed by atoms with E-state index in [1.165, 1.54) is 23.0 Å². The summed E-state index contributed by atoms with van der Waals surface area (Å²) in [5.74, 6) is 0.376. The van der Waals surface area contributed by atoms with E-state index in [4.69, 9.17) is 5.26 Å². The average molecular weight is 319 g/mol. The summed E-state index contributed by atoms with van der Waals surface area (Å²) in [6.07, 6.45) is 7.29. The van der Waals surface area contributed by atoms with Crippen molar-refractivity contribution in [2.45, 2.75) is 24.6 Å². The van der Waals surface area contributed by atoms with Crippen molar-refractivity contribution < 1.29 is 0 Å². The van der Waals surface area contributed by atoms with Crippen LogP contribution in [0.2, 0.25) is 0 Å². The van der Waals surface area contributed by atoms with E-state index < -0.39 is 0 Å². The SMILES string of the molecule is N#CCSC1NC2=C(CCC2)C(/C=C/c2ccccc2)=C1C#N. The molecule has 3 nitrogen and oxygen atoms in total. The van der Waals surface area contributed by atoms with Crippen LogP contribution >= 0.6 is 11.8 Å². The summed E-state index contributed by atoms with van der Waals surface area (Å²) in [5.41, 5.74) is 5.41. The zero-order valence-electron chi connectivity index (χ0n) is 12.7. The topological polar surface area (TPSA) is 59.6 Å². The first-order chi connectivity index (χ1) is 11.3. The van der Waals surface area contributed by atoms with Gasteiger partial charge in [-0.1, -0.05) is 42.5 Å². The molecule has 23 heavy (non-hydrogen) atoms. The van der Waals surface area contributed by atoms with Gasteiger partial charge < -0.3 is 5.32 Å². The van der Waals surface area contributed by atoms with Crippen LogP contribution in [0.5, 0.6) is 0 Å². The number of hydrogen-bond donors (Lipinski definition) is 1. The van der Waals surface area contributed by atoms with E-state index >= 15 is 0 Å². The molecule has 4 heteroatoms. The highest BCUT2D eigenvalue weighted by Gasteiger charge is 2.30. The molecule has 0 amide bonds. The van der Waals surface area contributed by atoms with Crippen LogP contribution in [0.15, 0.2) is 58.8 Å². The number of dihydropyridines is 1. The molecular formula is C19H17N3S. The van der Waals surface area contributed by atoms with E-state index in [0.29, 0.717) is 5.75 Å². The van der Waals surface area contributed by atoms with Crippen LogP contribution < -0.4 is 5.32 Å². The Bertz CT molecular complexity index is 760. The Labute approximate surface area is 141 Å². The molecule has 1 heterocycles. The summed E-state index contributed by atoms with van der Waals surface area (Å²) < 4.78 is 0. The molecule has 0 radical (unpaired) electrons. The second kappa shape index (κ2) is 7.22. The molecule has 2 aliphatic rings. The molecule has 0 aromatic heterocycles. The third-order valence-electron chi connectivity index (χ3n) is 4.08. The fourth-order valence-corrected chi connectivity index (χ4v) is 3.85. The molecule has 0 bridgehead atoms. The minimum Gasteiger partial charge on any atom is -0.372 e. The second-order valence-corrected chi connectivity index (χ2v) is 6.58. The van der Waals surface area contributed by atoms with Crippen molar-refractivity contribution in [2.75, 3.05) is 5.75 Å². The Balaban J connectivity index is 1.97. The van der Waals surface area contributed by atoms with Crippen LogP contribution in [0.1, 0.15) is 24.8 Å². The first kappa shape index (κ1) is 15.5. The van der Waals surface area contributed by atoms with Crippen molar-refractivity contribution in [3.63, 3.8) is 0 Å². The standard InChI is InChI=1S/C19H17N3S/c20-11-12-23-19-17(13-21)15(16-7-4-8-18(16)22-19)10-9-14-5-2-1-3-6-14/h1-3,5-6,9-10,19,22H,4,7-8,12H2/b10-9+. The number of nitrogens with one attached hydrogen (secondary N) is 1. The quantitative estimate of drug-likeness (QED) is 0.906. The predicted octanol–water partition coefficient (Wildman–Crippen LogP) is 4.14. The Morgan fingerprint density at radius 1 is 1.17 bits per heavy atom. The molecule has 1 aromatic rings. The van der Waals surface area contributed by atoms with Crippen LogP contribution in [-0.2, 0) is 0 Å². The normalized spacial score (nSPS) is 20.2. The second-order valence-electron chi connectivity index (χ2n) is 5.49. The zero-order valence-corrected chi connectivity index (χ0v) is 13.6. The smallest absolute Gasteiger partial charge is 0.109 e. The van der Waals surface area contributed by atoms with Gasteiger partial charge in [0, 0.05) is 5.70 Å². The van der Waals surface area contributed by atoms with Gasteiger partial charge in [0.1, 0.15) is 5.37 Å². The van der Waals surface area contributed by atoms with Crippen LogP contribution in [-0.4, -0.2) is 11.1 Å². The van der Waals surface area contributed by atoms with Gasteiger partial charge in [-0.05, 0) is 36.0 Å². The van der Waals surface area contributed by atoms with Gasteiger partial charge >= 0.3 is 0 Å². The lowest BCUT2D eigenvalue weighted by Gasteiger charge is -2.27. The Morgan fingerprint density at radius 3 is 2.74 bits per heavy atom. The summed E-state index contributed by atoms with van der Waals surface area (Å²) in [4.78, 5) is 0. The molecule has 0 spiro atoms. The summed E-state index contributed by atoms with van der Waals surface area (Å²) in [7, 11) is 0. The largest absolute Gasteiger partial charge is 0.372 e. The lowest BCUT2D eigenvalue weighted by atomic mass is 9.95. The van der Waals surface area contributed by atoms with Gasteiger partial charge in [0.05, 0.1) is 23.5 Å². The third kappa shape index (κ3) is 3.33. The van der Waals surface area contributed by atoms with Gasteiger partial charge in [-0.15, -0.1) is 11.8 Å². The monoisotopic (exact) mass is 319 g/mol. The molecular weight excluding hydrogens is 302 g/mol. The van der Waals surface area contributed by atoms with Crippen molar-refractivity contribution in [1.82, 2.24) is 5.32 Å². The molecule has 1 aliphatic heterocycles. The highest BCUT2D eigenvalue weighted by molar-refractivity contribution is 8.00. The summed E-state index contributed by atoms with van der Waals surface area (Å²) in [6.45, 7) is 0. The molecule has 114 valence electrons. The minimum absolute atomic E-state index is 0.119. The van der Waals surface area contributed by atoms with Gasteiger partial charge in [0.15, 0.2) is 0 Å². The van der Waals surface area contributed by atoms with Crippen molar-refractivity contribution >= 4 is 17.8 Å². The zero-order chi connectivity index (χ0) is 16.1.